The van der Waals surface area contributed by atoms with E-state index in [1.807, 2.05) is 38.2 Å². The normalized spacial score (nSPS) is 12.2. The molecule has 2 N–H and O–H groups in total. The maximum Gasteiger partial charge on any atom is 0.224 e. The molecule has 3 nitrogen and oxygen atoms in total. The van der Waals surface area contributed by atoms with Crippen LogP contribution in [0.5, 0.6) is 0 Å². The van der Waals surface area contributed by atoms with E-state index in [2.05, 4.69) is 26.6 Å². The number of hydrogen-bond donors (Lipinski definition) is 2. The van der Waals surface area contributed by atoms with Crippen LogP contribution in [0.3, 0.4) is 0 Å². The van der Waals surface area contributed by atoms with E-state index in [1.54, 1.807) is 0 Å². The summed E-state index contributed by atoms with van der Waals surface area (Å²) in [5, 5.41) is 5.96. The Morgan fingerprint density at radius 3 is 2.75 bits per heavy atom. The minimum atomic E-state index is 0.0500. The zero-order valence-corrected chi connectivity index (χ0v) is 11.2. The summed E-state index contributed by atoms with van der Waals surface area (Å²) in [5.41, 5.74) is 1.01. The van der Waals surface area contributed by atoms with E-state index < -0.39 is 0 Å². The summed E-state index contributed by atoms with van der Waals surface area (Å²) in [5.74, 6) is 0.0500. The smallest absolute Gasteiger partial charge is 0.224 e. The van der Waals surface area contributed by atoms with Crippen molar-refractivity contribution in [1.82, 2.24) is 10.6 Å². The second-order valence-corrected chi connectivity index (χ2v) is 4.62. The van der Waals surface area contributed by atoms with Gasteiger partial charge >= 0.3 is 0 Å². The van der Waals surface area contributed by atoms with Gasteiger partial charge < -0.3 is 10.6 Å². The van der Waals surface area contributed by atoms with Crippen molar-refractivity contribution in [3.63, 3.8) is 0 Å². The van der Waals surface area contributed by atoms with Crippen molar-refractivity contribution < 1.29 is 4.79 Å². The molecule has 0 radical (unpaired) electrons. The Hall–Kier alpha value is -0.870. The van der Waals surface area contributed by atoms with Crippen LogP contribution in [-0.2, 0) is 11.2 Å². The molecule has 1 amide bonds. The van der Waals surface area contributed by atoms with Crippen LogP contribution >= 0.6 is 15.9 Å². The molecule has 88 valence electrons. The summed E-state index contributed by atoms with van der Waals surface area (Å²) in [6, 6.07) is 8.06. The highest BCUT2D eigenvalue weighted by molar-refractivity contribution is 9.10. The van der Waals surface area contributed by atoms with E-state index >= 15 is 0 Å². The van der Waals surface area contributed by atoms with Crippen molar-refractivity contribution in [2.75, 3.05) is 13.6 Å². The van der Waals surface area contributed by atoms with Gasteiger partial charge in [-0.05, 0) is 25.6 Å². The second-order valence-electron chi connectivity index (χ2n) is 3.76. The number of carbonyl (C=O) groups is 1. The van der Waals surface area contributed by atoms with Crippen molar-refractivity contribution in [3.05, 3.63) is 34.3 Å². The van der Waals surface area contributed by atoms with Crippen LogP contribution in [-0.4, -0.2) is 25.5 Å². The van der Waals surface area contributed by atoms with Crippen LogP contribution in [0.15, 0.2) is 28.7 Å². The molecule has 4 heteroatoms. The highest BCUT2D eigenvalue weighted by Gasteiger charge is 2.06. The lowest BCUT2D eigenvalue weighted by Crippen LogP contribution is -2.37. The summed E-state index contributed by atoms with van der Waals surface area (Å²) < 4.78 is 0.979. The van der Waals surface area contributed by atoms with Gasteiger partial charge in [0.25, 0.3) is 0 Å². The number of nitrogens with one attached hydrogen (secondary N) is 2. The van der Waals surface area contributed by atoms with Gasteiger partial charge in [-0.2, -0.15) is 0 Å². The van der Waals surface area contributed by atoms with Gasteiger partial charge in [-0.25, -0.2) is 0 Å². The molecule has 1 atom stereocenters. The molecule has 0 aromatic heterocycles. The molecular formula is C12H17BrN2O. The summed E-state index contributed by atoms with van der Waals surface area (Å²) >= 11 is 3.43. The Morgan fingerprint density at radius 2 is 2.12 bits per heavy atom. The molecule has 0 saturated heterocycles. The molecule has 16 heavy (non-hydrogen) atoms. The fraction of sp³-hybridized carbons (Fsp3) is 0.417. The molecule has 0 bridgehead atoms. The largest absolute Gasteiger partial charge is 0.354 e. The molecule has 0 heterocycles. The first-order valence-electron chi connectivity index (χ1n) is 5.31. The van der Waals surface area contributed by atoms with Crippen LogP contribution in [0.25, 0.3) is 0 Å². The zero-order valence-electron chi connectivity index (χ0n) is 9.59. The quantitative estimate of drug-likeness (QED) is 0.865. The first kappa shape index (κ1) is 13.2. The lowest BCUT2D eigenvalue weighted by Gasteiger charge is -2.11. The highest BCUT2D eigenvalue weighted by Crippen LogP contribution is 2.15. The SMILES string of the molecule is CNC(C)CNC(=O)Cc1ccccc1Br. The predicted octanol–water partition coefficient (Wildman–Crippen LogP) is 1.72. The maximum absolute atomic E-state index is 11.6. The third-order valence-electron chi connectivity index (χ3n) is 2.41. The van der Waals surface area contributed by atoms with Crippen molar-refractivity contribution in [3.8, 4) is 0 Å². The standard InChI is InChI=1S/C12H17BrN2O/c1-9(14-2)8-15-12(16)7-10-5-3-4-6-11(10)13/h3-6,9,14H,7-8H2,1-2H3,(H,15,16). The first-order valence-corrected chi connectivity index (χ1v) is 6.10. The lowest BCUT2D eigenvalue weighted by atomic mass is 10.1. The topological polar surface area (TPSA) is 41.1 Å². The van der Waals surface area contributed by atoms with Gasteiger partial charge in [-0.15, -0.1) is 0 Å². The summed E-state index contributed by atoms with van der Waals surface area (Å²) in [4.78, 5) is 11.6. The average Bonchev–Trinajstić information content (AvgIpc) is 2.29. The summed E-state index contributed by atoms with van der Waals surface area (Å²) in [6.07, 6.45) is 0.415. The van der Waals surface area contributed by atoms with Crippen molar-refractivity contribution >= 4 is 21.8 Å². The van der Waals surface area contributed by atoms with Gasteiger partial charge in [0.05, 0.1) is 6.42 Å². The lowest BCUT2D eigenvalue weighted by molar-refractivity contribution is -0.120. The number of likely N-dealkylation sites (N-methyl/N-ethyl adjacent to an activating group) is 1. The van der Waals surface area contributed by atoms with E-state index in [1.165, 1.54) is 0 Å². The zero-order chi connectivity index (χ0) is 12.0. The summed E-state index contributed by atoms with van der Waals surface area (Å²) in [6.45, 7) is 2.68. The number of carbonyl (C=O) groups excluding carboxylic acids is 1. The minimum absolute atomic E-state index is 0.0500. The molecule has 1 aromatic carbocycles. The Morgan fingerprint density at radius 1 is 1.44 bits per heavy atom. The maximum atomic E-state index is 11.6. The molecular weight excluding hydrogens is 268 g/mol. The Kier molecular flexibility index (Phi) is 5.49. The number of rotatable bonds is 5. The van der Waals surface area contributed by atoms with Gasteiger partial charge in [-0.1, -0.05) is 34.1 Å². The van der Waals surface area contributed by atoms with Crippen LogP contribution in [0.2, 0.25) is 0 Å². The van der Waals surface area contributed by atoms with E-state index in [9.17, 15) is 4.79 Å². The molecule has 0 saturated carbocycles. The molecule has 0 aliphatic rings. The number of hydrogen-bond acceptors (Lipinski definition) is 2. The molecule has 1 aromatic rings. The molecule has 1 rings (SSSR count). The second kappa shape index (κ2) is 6.66. The molecule has 0 fully saturated rings. The van der Waals surface area contributed by atoms with Crippen molar-refractivity contribution in [2.24, 2.45) is 0 Å². The predicted molar refractivity (Wildman–Crippen MR) is 69.4 cm³/mol. The fourth-order valence-corrected chi connectivity index (χ4v) is 1.67. The Balaban J connectivity index is 2.43. The van der Waals surface area contributed by atoms with Crippen LogP contribution in [0.4, 0.5) is 0 Å². The van der Waals surface area contributed by atoms with Crippen molar-refractivity contribution in [1.29, 1.82) is 0 Å². The van der Waals surface area contributed by atoms with E-state index in [4.69, 9.17) is 0 Å². The van der Waals surface area contributed by atoms with Crippen LogP contribution in [0, 0.1) is 0 Å². The van der Waals surface area contributed by atoms with Gasteiger partial charge in [0.2, 0.25) is 5.91 Å². The third kappa shape index (κ3) is 4.33. The summed E-state index contributed by atoms with van der Waals surface area (Å²) in [7, 11) is 1.88. The Labute approximate surface area is 105 Å². The van der Waals surface area contributed by atoms with Crippen molar-refractivity contribution in [2.45, 2.75) is 19.4 Å². The average molecular weight is 285 g/mol. The van der Waals surface area contributed by atoms with Gasteiger partial charge in [0.1, 0.15) is 0 Å². The van der Waals surface area contributed by atoms with Gasteiger partial charge in [0.15, 0.2) is 0 Å². The molecule has 0 aliphatic heterocycles. The number of benzene rings is 1. The minimum Gasteiger partial charge on any atom is -0.354 e. The monoisotopic (exact) mass is 284 g/mol. The molecule has 0 aliphatic carbocycles. The number of halogens is 1. The molecule has 1 unspecified atom stereocenters. The first-order chi connectivity index (χ1) is 7.63. The van der Waals surface area contributed by atoms with E-state index in [0.29, 0.717) is 19.0 Å². The number of amides is 1. The van der Waals surface area contributed by atoms with Crippen LogP contribution in [0.1, 0.15) is 12.5 Å². The highest BCUT2D eigenvalue weighted by atomic mass is 79.9. The Bertz CT molecular complexity index is 355. The van der Waals surface area contributed by atoms with Gasteiger partial charge in [0, 0.05) is 17.1 Å². The van der Waals surface area contributed by atoms with Crippen LogP contribution < -0.4 is 10.6 Å². The van der Waals surface area contributed by atoms with E-state index in [0.717, 1.165) is 10.0 Å². The third-order valence-corrected chi connectivity index (χ3v) is 3.18. The van der Waals surface area contributed by atoms with Gasteiger partial charge in [-0.3, -0.25) is 4.79 Å². The van der Waals surface area contributed by atoms with E-state index in [-0.39, 0.29) is 5.91 Å². The fourth-order valence-electron chi connectivity index (χ4n) is 1.25. The molecule has 0 spiro atoms.